The van der Waals surface area contributed by atoms with Crippen LogP contribution >= 0.6 is 27.3 Å². The molecule has 4 aromatic rings. The minimum Gasteiger partial charge on any atom is -0.454 e. The Kier molecular flexibility index (Phi) is 6.82. The number of ketones is 1. The number of fused-ring (bicyclic) bond motifs is 6. The van der Waals surface area contributed by atoms with Crippen LogP contribution in [-0.2, 0) is 20.7 Å². The van der Waals surface area contributed by atoms with Gasteiger partial charge in [-0.2, -0.15) is 0 Å². The Morgan fingerprint density at radius 1 is 1.02 bits per heavy atom. The van der Waals surface area contributed by atoms with Crippen molar-refractivity contribution in [3.05, 3.63) is 80.5 Å². The number of rotatable bonds is 7. The first-order valence-corrected chi connectivity index (χ1v) is 15.9. The summed E-state index contributed by atoms with van der Waals surface area (Å²) in [5.41, 5.74) is 3.78. The zero-order valence-corrected chi connectivity index (χ0v) is 25.2. The highest BCUT2D eigenvalue weighted by Crippen LogP contribution is 2.56. The number of hydrogen-bond donors (Lipinski definition) is 0. The van der Waals surface area contributed by atoms with Gasteiger partial charge in [0.15, 0.2) is 6.61 Å². The topological polar surface area (TPSA) is 93.6 Å². The molecule has 9 heteroatoms. The van der Waals surface area contributed by atoms with E-state index >= 15 is 0 Å². The molecule has 3 heterocycles. The Balaban J connectivity index is 1.22. The first kappa shape index (κ1) is 27.2. The lowest BCUT2D eigenvalue weighted by Crippen LogP contribution is -2.32. The quantitative estimate of drug-likeness (QED) is 0.124. The summed E-state index contributed by atoms with van der Waals surface area (Å²) in [6, 6.07) is 16.2. The number of aryl methyl sites for hydroxylation is 1. The zero-order valence-electron chi connectivity index (χ0n) is 22.8. The Bertz CT molecular complexity index is 1740. The number of anilines is 1. The molecule has 4 atom stereocenters. The highest BCUT2D eigenvalue weighted by molar-refractivity contribution is 9.10. The minimum absolute atomic E-state index is 0.0749. The van der Waals surface area contributed by atoms with E-state index in [1.807, 2.05) is 31.2 Å². The predicted molar refractivity (Wildman–Crippen MR) is 163 cm³/mol. The maximum atomic E-state index is 13.4. The van der Waals surface area contributed by atoms with Gasteiger partial charge in [-0.1, -0.05) is 41.1 Å². The number of halogens is 1. The van der Waals surface area contributed by atoms with Crippen molar-refractivity contribution in [1.82, 2.24) is 4.98 Å². The maximum absolute atomic E-state index is 13.4. The maximum Gasteiger partial charge on any atom is 0.339 e. The lowest BCUT2D eigenvalue weighted by atomic mass is 9.81. The van der Waals surface area contributed by atoms with Crippen LogP contribution in [0.4, 0.5) is 5.69 Å². The van der Waals surface area contributed by atoms with Gasteiger partial charge in [0.05, 0.1) is 39.2 Å². The molecule has 212 valence electrons. The number of imide groups is 1. The number of carbonyl (C=O) groups excluding carboxylic acids is 4. The van der Waals surface area contributed by atoms with Crippen LogP contribution in [0.5, 0.6) is 0 Å². The number of esters is 1. The molecule has 4 unspecified atom stereocenters. The average molecular weight is 644 g/mol. The van der Waals surface area contributed by atoms with Crippen LogP contribution < -0.4 is 4.90 Å². The van der Waals surface area contributed by atoms with Gasteiger partial charge >= 0.3 is 5.97 Å². The lowest BCUT2D eigenvalue weighted by molar-refractivity contribution is -0.123. The number of nitrogens with zero attached hydrogens (tertiary/aromatic N) is 2. The lowest BCUT2D eigenvalue weighted by Gasteiger charge is -2.19. The Hall–Kier alpha value is -3.69. The fourth-order valence-electron chi connectivity index (χ4n) is 7.11. The van der Waals surface area contributed by atoms with Crippen molar-refractivity contribution in [3.63, 3.8) is 0 Å². The van der Waals surface area contributed by atoms with Crippen molar-refractivity contribution in [1.29, 1.82) is 0 Å². The van der Waals surface area contributed by atoms with Gasteiger partial charge in [-0.15, -0.1) is 11.3 Å². The molecule has 0 spiro atoms. The Morgan fingerprint density at radius 2 is 1.74 bits per heavy atom. The number of Topliss-reactive ketones (excluding diaryl/α,β-unsaturated/α-hetero) is 1. The van der Waals surface area contributed by atoms with Crippen molar-refractivity contribution < 1.29 is 23.9 Å². The largest absolute Gasteiger partial charge is 0.454 e. The second-order valence-corrected chi connectivity index (χ2v) is 13.2. The van der Waals surface area contributed by atoms with Gasteiger partial charge in [0.2, 0.25) is 17.6 Å². The van der Waals surface area contributed by atoms with E-state index in [0.29, 0.717) is 51.0 Å². The number of aromatic nitrogens is 1. The molecule has 2 aromatic carbocycles. The molecule has 3 fully saturated rings. The summed E-state index contributed by atoms with van der Waals surface area (Å²) in [6.07, 6.45) is 3.76. The molecular formula is C33H27BrN2O5S. The van der Waals surface area contributed by atoms with Gasteiger partial charge in [0.1, 0.15) is 0 Å². The fraction of sp³-hybridized carbons (Fsp3) is 0.303. The Morgan fingerprint density at radius 3 is 2.38 bits per heavy atom. The van der Waals surface area contributed by atoms with E-state index in [1.165, 1.54) is 16.2 Å². The normalized spacial score (nSPS) is 22.7. The molecule has 2 amide bonds. The summed E-state index contributed by atoms with van der Waals surface area (Å²) in [4.78, 5) is 59.3. The molecular weight excluding hydrogens is 616 g/mol. The highest BCUT2D eigenvalue weighted by Gasteiger charge is 2.61. The first-order valence-electron chi connectivity index (χ1n) is 14.2. The third-order valence-electron chi connectivity index (χ3n) is 9.04. The zero-order chi connectivity index (χ0) is 29.1. The summed E-state index contributed by atoms with van der Waals surface area (Å²) in [7, 11) is 0. The molecule has 1 aliphatic heterocycles. The summed E-state index contributed by atoms with van der Waals surface area (Å²) < 4.78 is 6.30. The summed E-state index contributed by atoms with van der Waals surface area (Å²) >= 11 is 4.85. The van der Waals surface area contributed by atoms with E-state index in [9.17, 15) is 19.2 Å². The summed E-state index contributed by atoms with van der Waals surface area (Å²) in [5, 5.41) is 2.43. The van der Waals surface area contributed by atoms with Crippen molar-refractivity contribution in [2.75, 3.05) is 11.5 Å². The van der Waals surface area contributed by atoms with Crippen LogP contribution in [0.2, 0.25) is 0 Å². The monoisotopic (exact) mass is 642 g/mol. The van der Waals surface area contributed by atoms with Crippen molar-refractivity contribution in [2.45, 2.75) is 32.6 Å². The molecule has 7 rings (SSSR count). The fourth-order valence-corrected chi connectivity index (χ4v) is 8.26. The summed E-state index contributed by atoms with van der Waals surface area (Å²) in [6.45, 7) is 1.66. The predicted octanol–water partition coefficient (Wildman–Crippen LogP) is 6.86. The molecule has 2 saturated carbocycles. The first-order chi connectivity index (χ1) is 20.3. The molecule has 2 bridgehead atoms. The van der Waals surface area contributed by atoms with Gasteiger partial charge in [-0.3, -0.25) is 19.3 Å². The SMILES string of the molecule is CCc1cc(Br)cc2c(C(=O)OCC(=O)c3cccs3)cc(-c3ccc(N4C(=O)C5C6CCC(C6)C5C4=O)cc3)nc12. The molecule has 2 aromatic heterocycles. The van der Waals surface area contributed by atoms with E-state index in [2.05, 4.69) is 15.9 Å². The molecule has 0 radical (unpaired) electrons. The van der Waals surface area contributed by atoms with Crippen LogP contribution in [0, 0.1) is 23.7 Å². The molecule has 2 aliphatic carbocycles. The number of amides is 2. The van der Waals surface area contributed by atoms with Gasteiger partial charge in [0, 0.05) is 15.4 Å². The van der Waals surface area contributed by atoms with Gasteiger partial charge in [-0.05, 0) is 84.9 Å². The molecule has 3 aliphatic rings. The number of pyridine rings is 1. The summed E-state index contributed by atoms with van der Waals surface area (Å²) in [5.74, 6) is -0.715. The molecule has 1 saturated heterocycles. The van der Waals surface area contributed by atoms with E-state index in [-0.39, 0.29) is 36.0 Å². The minimum atomic E-state index is -0.611. The standard InChI is InChI=1S/C33H27BrN2O5S/c1-2-17-13-21(34)14-23-24(33(40)41-16-26(37)27-4-3-11-42-27)15-25(35-30(17)23)18-7-9-22(10-8-18)36-31(38)28-19-5-6-20(12-19)29(28)32(36)39/h3-4,7-11,13-15,19-20,28-29H,2,5-6,12,16H2,1H3. The smallest absolute Gasteiger partial charge is 0.339 e. The molecule has 7 nitrogen and oxygen atoms in total. The highest BCUT2D eigenvalue weighted by atomic mass is 79.9. The van der Waals surface area contributed by atoms with Gasteiger partial charge in [0.25, 0.3) is 0 Å². The van der Waals surface area contributed by atoms with E-state index < -0.39 is 5.97 Å². The van der Waals surface area contributed by atoms with Crippen molar-refractivity contribution in [3.8, 4) is 11.3 Å². The number of thiophene rings is 1. The van der Waals surface area contributed by atoms with Gasteiger partial charge < -0.3 is 4.74 Å². The van der Waals surface area contributed by atoms with Gasteiger partial charge in [-0.25, -0.2) is 9.78 Å². The number of ether oxygens (including phenoxy) is 1. The van der Waals surface area contributed by atoms with E-state index in [1.54, 1.807) is 35.7 Å². The Labute approximate surface area is 255 Å². The van der Waals surface area contributed by atoms with Crippen LogP contribution in [0.1, 0.15) is 51.8 Å². The van der Waals surface area contributed by atoms with Crippen molar-refractivity contribution >= 4 is 67.4 Å². The van der Waals surface area contributed by atoms with E-state index in [0.717, 1.165) is 34.9 Å². The number of carbonyl (C=O) groups is 4. The van der Waals surface area contributed by atoms with Crippen LogP contribution in [0.25, 0.3) is 22.2 Å². The third kappa shape index (κ3) is 4.41. The second kappa shape index (κ2) is 10.5. The van der Waals surface area contributed by atoms with Crippen LogP contribution in [0.15, 0.2) is 64.5 Å². The van der Waals surface area contributed by atoms with Crippen molar-refractivity contribution in [2.24, 2.45) is 23.7 Å². The third-order valence-corrected chi connectivity index (χ3v) is 10.4. The van der Waals surface area contributed by atoms with E-state index in [4.69, 9.17) is 9.72 Å². The molecule has 42 heavy (non-hydrogen) atoms. The average Bonchev–Trinajstić information content (AvgIpc) is 3.80. The van der Waals surface area contributed by atoms with Crippen LogP contribution in [0.3, 0.4) is 0 Å². The molecule has 0 N–H and O–H groups in total. The number of benzene rings is 2. The second-order valence-electron chi connectivity index (χ2n) is 11.3. The van der Waals surface area contributed by atoms with Crippen LogP contribution in [-0.4, -0.2) is 35.2 Å². The number of hydrogen-bond acceptors (Lipinski definition) is 7.